The Bertz CT molecular complexity index is 1130. The number of ketones is 1. The van der Waals surface area contributed by atoms with Crippen LogP contribution in [0.3, 0.4) is 0 Å². The summed E-state index contributed by atoms with van der Waals surface area (Å²) in [5.74, 6) is 1.78. The fraction of sp³-hybridized carbons (Fsp3) is 0.200. The first-order chi connectivity index (χ1) is 12.7. The lowest BCUT2D eigenvalue weighted by atomic mass is 9.80. The highest BCUT2D eigenvalue weighted by Gasteiger charge is 2.30. The van der Waals surface area contributed by atoms with Gasteiger partial charge in [-0.2, -0.15) is 9.50 Å². The quantitative estimate of drug-likeness (QED) is 0.555. The number of hydrogen-bond donors (Lipinski definition) is 0. The van der Waals surface area contributed by atoms with Crippen LogP contribution in [-0.4, -0.2) is 25.4 Å². The number of benzene rings is 1. The van der Waals surface area contributed by atoms with E-state index in [2.05, 4.69) is 34.1 Å². The maximum atomic E-state index is 12.7. The molecular formula is C20H16N4O2. The molecule has 6 heteroatoms. The van der Waals surface area contributed by atoms with Gasteiger partial charge in [-0.25, -0.2) is 4.98 Å². The predicted octanol–water partition coefficient (Wildman–Crippen LogP) is 3.61. The second-order valence-corrected chi connectivity index (χ2v) is 6.63. The molecule has 26 heavy (non-hydrogen) atoms. The third-order valence-corrected chi connectivity index (χ3v) is 5.01. The van der Waals surface area contributed by atoms with Crippen LogP contribution in [0.1, 0.15) is 39.5 Å². The van der Waals surface area contributed by atoms with Crippen molar-refractivity contribution in [3.8, 4) is 11.6 Å². The van der Waals surface area contributed by atoms with Gasteiger partial charge in [-0.3, -0.25) is 4.79 Å². The molecule has 0 spiro atoms. The van der Waals surface area contributed by atoms with Crippen LogP contribution in [0.5, 0.6) is 0 Å². The number of hydrogen-bond acceptors (Lipinski definition) is 5. The molecule has 0 aliphatic heterocycles. The molecular weight excluding hydrogens is 328 g/mol. The molecule has 0 saturated heterocycles. The number of rotatable bonds is 2. The summed E-state index contributed by atoms with van der Waals surface area (Å²) in [4.78, 5) is 21.5. The summed E-state index contributed by atoms with van der Waals surface area (Å²) in [6.45, 7) is 2.09. The van der Waals surface area contributed by atoms with E-state index in [-0.39, 0.29) is 11.7 Å². The topological polar surface area (TPSA) is 73.3 Å². The Morgan fingerprint density at radius 1 is 1.15 bits per heavy atom. The predicted molar refractivity (Wildman–Crippen MR) is 95.1 cm³/mol. The molecule has 1 aromatic carbocycles. The molecule has 4 aromatic rings. The molecule has 0 radical (unpaired) electrons. The van der Waals surface area contributed by atoms with Gasteiger partial charge in [-0.1, -0.05) is 24.3 Å². The van der Waals surface area contributed by atoms with Gasteiger partial charge < -0.3 is 4.42 Å². The minimum atomic E-state index is 0.101. The van der Waals surface area contributed by atoms with Crippen LogP contribution in [0.2, 0.25) is 0 Å². The molecule has 0 saturated carbocycles. The van der Waals surface area contributed by atoms with Crippen LogP contribution < -0.4 is 0 Å². The van der Waals surface area contributed by atoms with Crippen molar-refractivity contribution in [2.24, 2.45) is 0 Å². The van der Waals surface area contributed by atoms with Crippen LogP contribution >= 0.6 is 0 Å². The summed E-state index contributed by atoms with van der Waals surface area (Å²) in [7, 11) is 0. The summed E-state index contributed by atoms with van der Waals surface area (Å²) in [5, 5.41) is 4.55. The Morgan fingerprint density at radius 3 is 2.85 bits per heavy atom. The van der Waals surface area contributed by atoms with E-state index in [4.69, 9.17) is 4.42 Å². The molecule has 6 nitrogen and oxygen atoms in total. The number of furan rings is 1. The molecule has 128 valence electrons. The SMILES string of the molecule is Cc1ccccc1C1CC(=O)c2cnc3nc(-c4ccco4)nn3c2C1. The highest BCUT2D eigenvalue weighted by atomic mass is 16.3. The maximum absolute atomic E-state index is 12.7. The number of aromatic nitrogens is 4. The normalized spacial score (nSPS) is 16.8. The molecule has 1 unspecified atom stereocenters. The van der Waals surface area contributed by atoms with Crippen molar-refractivity contribution in [2.75, 3.05) is 0 Å². The van der Waals surface area contributed by atoms with E-state index in [9.17, 15) is 4.79 Å². The lowest BCUT2D eigenvalue weighted by molar-refractivity contribution is 0.0962. The minimum absolute atomic E-state index is 0.101. The molecule has 3 heterocycles. The van der Waals surface area contributed by atoms with Crippen LogP contribution in [0.25, 0.3) is 17.4 Å². The Labute approximate surface area is 149 Å². The number of aryl methyl sites for hydroxylation is 1. The Morgan fingerprint density at radius 2 is 2.04 bits per heavy atom. The van der Waals surface area contributed by atoms with Gasteiger partial charge in [0, 0.05) is 12.6 Å². The molecule has 0 amide bonds. The van der Waals surface area contributed by atoms with Crippen LogP contribution in [-0.2, 0) is 6.42 Å². The standard InChI is InChI=1S/C20H16N4O2/c1-12-5-2-3-6-14(12)13-9-16-15(17(25)10-13)11-21-20-22-19(23-24(16)20)18-7-4-8-26-18/h2-8,11,13H,9-10H2,1H3. The minimum Gasteiger partial charge on any atom is -0.461 e. The molecule has 1 aliphatic carbocycles. The highest BCUT2D eigenvalue weighted by molar-refractivity contribution is 5.98. The third kappa shape index (κ3) is 2.26. The molecule has 3 aromatic heterocycles. The van der Waals surface area contributed by atoms with Gasteiger partial charge in [-0.05, 0) is 42.5 Å². The van der Waals surface area contributed by atoms with Gasteiger partial charge in [0.2, 0.25) is 5.82 Å². The number of carbonyl (C=O) groups is 1. The van der Waals surface area contributed by atoms with Gasteiger partial charge in [0.05, 0.1) is 17.5 Å². The Hall–Kier alpha value is -3.28. The van der Waals surface area contributed by atoms with Crippen molar-refractivity contribution < 1.29 is 9.21 Å². The maximum Gasteiger partial charge on any atom is 0.253 e. The van der Waals surface area contributed by atoms with Crippen molar-refractivity contribution in [3.05, 3.63) is 71.2 Å². The van der Waals surface area contributed by atoms with Crippen molar-refractivity contribution in [2.45, 2.75) is 25.7 Å². The lowest BCUT2D eigenvalue weighted by Crippen LogP contribution is -2.23. The fourth-order valence-corrected chi connectivity index (χ4v) is 3.72. The molecule has 5 rings (SSSR count). The van der Waals surface area contributed by atoms with E-state index < -0.39 is 0 Å². The summed E-state index contributed by atoms with van der Waals surface area (Å²) < 4.78 is 7.08. The second kappa shape index (κ2) is 5.62. The van der Waals surface area contributed by atoms with E-state index in [1.807, 2.05) is 18.2 Å². The van der Waals surface area contributed by atoms with Gasteiger partial charge in [0.25, 0.3) is 5.78 Å². The second-order valence-electron chi connectivity index (χ2n) is 6.63. The first-order valence-corrected chi connectivity index (χ1v) is 8.58. The van der Waals surface area contributed by atoms with Crippen LogP contribution in [0.4, 0.5) is 0 Å². The average molecular weight is 344 g/mol. The van der Waals surface area contributed by atoms with Crippen molar-refractivity contribution in [3.63, 3.8) is 0 Å². The van der Waals surface area contributed by atoms with E-state index in [1.54, 1.807) is 23.0 Å². The van der Waals surface area contributed by atoms with Gasteiger partial charge in [-0.15, -0.1) is 5.10 Å². The molecule has 0 bridgehead atoms. The van der Waals surface area contributed by atoms with E-state index in [0.717, 1.165) is 12.1 Å². The first-order valence-electron chi connectivity index (χ1n) is 8.58. The third-order valence-electron chi connectivity index (χ3n) is 5.01. The van der Waals surface area contributed by atoms with Crippen LogP contribution in [0, 0.1) is 6.92 Å². The summed E-state index contributed by atoms with van der Waals surface area (Å²) >= 11 is 0. The lowest BCUT2D eigenvalue weighted by Gasteiger charge is -2.25. The van der Waals surface area contributed by atoms with Gasteiger partial charge in [0.1, 0.15) is 0 Å². The molecule has 1 atom stereocenters. The molecule has 0 N–H and O–H groups in total. The van der Waals surface area contributed by atoms with Gasteiger partial charge >= 0.3 is 0 Å². The largest absolute Gasteiger partial charge is 0.461 e. The average Bonchev–Trinajstić information content (AvgIpc) is 3.31. The van der Waals surface area contributed by atoms with Crippen molar-refractivity contribution >= 4 is 11.6 Å². The summed E-state index contributed by atoms with van der Waals surface area (Å²) in [5.41, 5.74) is 3.92. The highest BCUT2D eigenvalue weighted by Crippen LogP contribution is 2.34. The van der Waals surface area contributed by atoms with Crippen LogP contribution in [0.15, 0.2) is 53.3 Å². The fourth-order valence-electron chi connectivity index (χ4n) is 3.72. The monoisotopic (exact) mass is 344 g/mol. The first kappa shape index (κ1) is 15.0. The number of nitrogens with zero attached hydrogens (tertiary/aromatic N) is 4. The van der Waals surface area contributed by atoms with Gasteiger partial charge in [0.15, 0.2) is 11.5 Å². The zero-order chi connectivity index (χ0) is 17.7. The van der Waals surface area contributed by atoms with E-state index in [0.29, 0.717) is 29.3 Å². The zero-order valence-corrected chi connectivity index (χ0v) is 14.2. The summed E-state index contributed by atoms with van der Waals surface area (Å²) in [6, 6.07) is 11.8. The summed E-state index contributed by atoms with van der Waals surface area (Å²) in [6.07, 6.45) is 4.43. The smallest absolute Gasteiger partial charge is 0.253 e. The Balaban J connectivity index is 1.64. The molecule has 0 fully saturated rings. The Kier molecular flexibility index (Phi) is 3.25. The van der Waals surface area contributed by atoms with Crippen molar-refractivity contribution in [1.82, 2.24) is 19.6 Å². The zero-order valence-electron chi connectivity index (χ0n) is 14.2. The number of carbonyl (C=O) groups excluding carboxylic acids is 1. The van der Waals surface area contributed by atoms with E-state index >= 15 is 0 Å². The van der Waals surface area contributed by atoms with E-state index in [1.165, 1.54) is 11.1 Å². The van der Waals surface area contributed by atoms with Crippen molar-refractivity contribution in [1.29, 1.82) is 0 Å². The number of fused-ring (bicyclic) bond motifs is 3. The number of Topliss-reactive ketones (excluding diaryl/α,β-unsaturated/α-hetero) is 1. The molecule has 1 aliphatic rings.